The topological polar surface area (TPSA) is 46.1 Å². The van der Waals surface area contributed by atoms with E-state index >= 15 is 0 Å². The van der Waals surface area contributed by atoms with E-state index in [2.05, 4.69) is 22.1 Å². The van der Waals surface area contributed by atoms with Gasteiger partial charge in [-0.05, 0) is 37.5 Å². The summed E-state index contributed by atoms with van der Waals surface area (Å²) in [5, 5.41) is 0. The Morgan fingerprint density at radius 1 is 1.15 bits per heavy atom. The average molecular weight is 265 g/mol. The van der Waals surface area contributed by atoms with Crippen LogP contribution in [0.2, 0.25) is 0 Å². The molecule has 1 amide bonds. The summed E-state index contributed by atoms with van der Waals surface area (Å²) >= 11 is 0. The predicted molar refractivity (Wildman–Crippen MR) is 76.3 cm³/mol. The number of hydrogen-bond donors (Lipinski definition) is 0. The van der Waals surface area contributed by atoms with E-state index in [4.69, 9.17) is 0 Å². The second-order valence-electron chi connectivity index (χ2n) is 5.43. The first kappa shape index (κ1) is 11.6. The number of carbonyl (C=O) groups excluding carboxylic acids is 1. The van der Waals surface area contributed by atoms with Crippen molar-refractivity contribution in [3.05, 3.63) is 48.3 Å². The molecule has 100 valence electrons. The number of nitrogens with zero attached hydrogens (tertiary/aromatic N) is 3. The van der Waals surface area contributed by atoms with E-state index < -0.39 is 0 Å². The van der Waals surface area contributed by atoms with Gasteiger partial charge in [-0.15, -0.1) is 0 Å². The summed E-state index contributed by atoms with van der Waals surface area (Å²) < 4.78 is 0. The molecule has 1 fully saturated rings. The van der Waals surface area contributed by atoms with Crippen molar-refractivity contribution in [2.45, 2.75) is 31.3 Å². The van der Waals surface area contributed by atoms with Crippen LogP contribution in [0.5, 0.6) is 0 Å². The Hall–Kier alpha value is -2.23. The van der Waals surface area contributed by atoms with Crippen LogP contribution in [-0.4, -0.2) is 32.9 Å². The highest BCUT2D eigenvalue weighted by Gasteiger charge is 2.37. The molecule has 2 aromatic rings. The van der Waals surface area contributed by atoms with Gasteiger partial charge in [-0.1, -0.05) is 12.2 Å². The maximum Gasteiger partial charge on any atom is 0.254 e. The minimum Gasteiger partial charge on any atom is -0.329 e. The molecule has 4 heteroatoms. The maximum absolute atomic E-state index is 12.7. The van der Waals surface area contributed by atoms with Crippen molar-refractivity contribution < 1.29 is 4.79 Å². The third-order valence-corrected chi connectivity index (χ3v) is 4.26. The monoisotopic (exact) mass is 265 g/mol. The van der Waals surface area contributed by atoms with Gasteiger partial charge in [0.1, 0.15) is 0 Å². The Kier molecular flexibility index (Phi) is 2.55. The van der Waals surface area contributed by atoms with Crippen molar-refractivity contribution >= 4 is 16.9 Å². The lowest BCUT2D eigenvalue weighted by Gasteiger charge is -2.31. The quantitative estimate of drug-likeness (QED) is 0.744. The van der Waals surface area contributed by atoms with Crippen LogP contribution in [0.3, 0.4) is 0 Å². The number of carbonyl (C=O) groups is 1. The Morgan fingerprint density at radius 3 is 2.85 bits per heavy atom. The van der Waals surface area contributed by atoms with Crippen LogP contribution in [0.4, 0.5) is 0 Å². The molecule has 2 atom stereocenters. The van der Waals surface area contributed by atoms with Gasteiger partial charge in [0.15, 0.2) is 0 Å². The Morgan fingerprint density at radius 2 is 2.00 bits per heavy atom. The SMILES string of the molecule is O=C(c1ccc2nccnc2c1)N1C2C=CCC1CC2. The van der Waals surface area contributed by atoms with Gasteiger partial charge in [-0.2, -0.15) is 0 Å². The molecule has 3 heterocycles. The highest BCUT2D eigenvalue weighted by atomic mass is 16.2. The normalized spacial score (nSPS) is 24.3. The van der Waals surface area contributed by atoms with Crippen molar-refractivity contribution in [3.8, 4) is 0 Å². The molecule has 4 rings (SSSR count). The van der Waals surface area contributed by atoms with Gasteiger partial charge >= 0.3 is 0 Å². The molecule has 1 aromatic carbocycles. The van der Waals surface area contributed by atoms with Crippen LogP contribution in [0.25, 0.3) is 11.0 Å². The first-order chi connectivity index (χ1) is 9.83. The zero-order valence-electron chi connectivity index (χ0n) is 11.1. The smallest absolute Gasteiger partial charge is 0.254 e. The molecule has 2 bridgehead atoms. The summed E-state index contributed by atoms with van der Waals surface area (Å²) in [7, 11) is 0. The number of benzene rings is 1. The lowest BCUT2D eigenvalue weighted by molar-refractivity contribution is 0.0689. The van der Waals surface area contributed by atoms with Crippen molar-refractivity contribution in [3.63, 3.8) is 0 Å². The molecule has 0 saturated carbocycles. The molecule has 4 nitrogen and oxygen atoms in total. The first-order valence-electron chi connectivity index (χ1n) is 7.03. The summed E-state index contributed by atoms with van der Waals surface area (Å²) in [6, 6.07) is 6.23. The van der Waals surface area contributed by atoms with E-state index in [1.807, 2.05) is 23.1 Å². The van der Waals surface area contributed by atoms with E-state index in [0.717, 1.165) is 30.3 Å². The molecule has 2 aliphatic rings. The maximum atomic E-state index is 12.7. The van der Waals surface area contributed by atoms with E-state index in [1.165, 1.54) is 0 Å². The van der Waals surface area contributed by atoms with Gasteiger partial charge in [-0.25, -0.2) is 0 Å². The fourth-order valence-electron chi connectivity index (χ4n) is 3.29. The molecular formula is C16H15N3O. The van der Waals surface area contributed by atoms with Crippen LogP contribution in [0.15, 0.2) is 42.7 Å². The Labute approximate surface area is 117 Å². The van der Waals surface area contributed by atoms with Crippen molar-refractivity contribution in [2.24, 2.45) is 0 Å². The van der Waals surface area contributed by atoms with Gasteiger partial charge in [0.2, 0.25) is 0 Å². The lowest BCUT2D eigenvalue weighted by atomic mass is 10.1. The lowest BCUT2D eigenvalue weighted by Crippen LogP contribution is -2.42. The highest BCUT2D eigenvalue weighted by molar-refractivity contribution is 5.98. The third-order valence-electron chi connectivity index (χ3n) is 4.26. The van der Waals surface area contributed by atoms with Gasteiger partial charge in [0.05, 0.1) is 17.1 Å². The van der Waals surface area contributed by atoms with E-state index in [0.29, 0.717) is 11.6 Å². The third kappa shape index (κ3) is 1.72. The van der Waals surface area contributed by atoms with E-state index in [9.17, 15) is 4.79 Å². The summed E-state index contributed by atoms with van der Waals surface area (Å²) in [5.74, 6) is 0.120. The highest BCUT2D eigenvalue weighted by Crippen LogP contribution is 2.32. The molecule has 2 unspecified atom stereocenters. The van der Waals surface area contributed by atoms with Crippen LogP contribution in [-0.2, 0) is 0 Å². The standard InChI is InChI=1S/C16H15N3O/c20-16(19-12-2-1-3-13(19)6-5-12)11-4-7-14-15(10-11)18-9-8-17-14/h1-2,4,7-10,12-13H,3,5-6H2. The summed E-state index contributed by atoms with van der Waals surface area (Å²) in [6.07, 6.45) is 10.9. The molecule has 1 aromatic heterocycles. The minimum absolute atomic E-state index is 0.120. The molecule has 20 heavy (non-hydrogen) atoms. The van der Waals surface area contributed by atoms with Crippen molar-refractivity contribution in [1.29, 1.82) is 0 Å². The second kappa shape index (κ2) is 4.40. The molecule has 0 aliphatic carbocycles. The Bertz CT molecular complexity index is 710. The predicted octanol–water partition coefficient (Wildman–Crippen LogP) is 2.56. The first-order valence-corrected chi connectivity index (χ1v) is 7.03. The molecular weight excluding hydrogens is 250 g/mol. The molecule has 1 saturated heterocycles. The summed E-state index contributed by atoms with van der Waals surface area (Å²) in [5.41, 5.74) is 2.31. The zero-order valence-corrected chi connectivity index (χ0v) is 11.1. The number of amides is 1. The average Bonchev–Trinajstić information content (AvgIpc) is 2.75. The number of rotatable bonds is 1. The number of fused-ring (bicyclic) bond motifs is 3. The number of aromatic nitrogens is 2. The van der Waals surface area contributed by atoms with Crippen LogP contribution < -0.4 is 0 Å². The summed E-state index contributed by atoms with van der Waals surface area (Å²) in [6.45, 7) is 0. The molecule has 0 N–H and O–H groups in total. The molecule has 0 spiro atoms. The molecule has 0 radical (unpaired) electrons. The van der Waals surface area contributed by atoms with Crippen molar-refractivity contribution in [1.82, 2.24) is 14.9 Å². The second-order valence-corrected chi connectivity index (χ2v) is 5.43. The van der Waals surface area contributed by atoms with Crippen molar-refractivity contribution in [2.75, 3.05) is 0 Å². The van der Waals surface area contributed by atoms with Crippen LogP contribution in [0, 0.1) is 0 Å². The largest absolute Gasteiger partial charge is 0.329 e. The zero-order chi connectivity index (χ0) is 13.5. The fourth-order valence-corrected chi connectivity index (χ4v) is 3.29. The summed E-state index contributed by atoms with van der Waals surface area (Å²) in [4.78, 5) is 23.3. The fraction of sp³-hybridized carbons (Fsp3) is 0.312. The number of hydrogen-bond acceptors (Lipinski definition) is 3. The Balaban J connectivity index is 1.72. The van der Waals surface area contributed by atoms with Gasteiger partial charge in [0.25, 0.3) is 5.91 Å². The molecule has 2 aliphatic heterocycles. The minimum atomic E-state index is 0.120. The van der Waals surface area contributed by atoms with Crippen LogP contribution >= 0.6 is 0 Å². The van der Waals surface area contributed by atoms with Gasteiger partial charge in [0, 0.05) is 24.0 Å². The van der Waals surface area contributed by atoms with E-state index in [-0.39, 0.29) is 11.9 Å². The van der Waals surface area contributed by atoms with E-state index in [1.54, 1.807) is 12.4 Å². The van der Waals surface area contributed by atoms with Gasteiger partial charge in [-0.3, -0.25) is 14.8 Å². The van der Waals surface area contributed by atoms with Crippen LogP contribution in [0.1, 0.15) is 29.6 Å². The van der Waals surface area contributed by atoms with Gasteiger partial charge < -0.3 is 4.90 Å².